The lowest BCUT2D eigenvalue weighted by atomic mass is 9.98. The van der Waals surface area contributed by atoms with Crippen LogP contribution in [0.5, 0.6) is 5.75 Å². The predicted molar refractivity (Wildman–Crippen MR) is 189 cm³/mol. The van der Waals surface area contributed by atoms with Gasteiger partial charge in [-0.05, 0) is 47.1 Å². The van der Waals surface area contributed by atoms with Crippen LogP contribution in [0, 0.1) is 11.8 Å². The predicted octanol–water partition coefficient (Wildman–Crippen LogP) is 3.51. The number of aliphatic hydroxyl groups excluding tert-OH is 1. The summed E-state index contributed by atoms with van der Waals surface area (Å²) < 4.78 is 5.93. The zero-order chi connectivity index (χ0) is 35.9. The van der Waals surface area contributed by atoms with E-state index in [4.69, 9.17) is 4.74 Å². The van der Waals surface area contributed by atoms with Gasteiger partial charge in [0, 0.05) is 26.9 Å². The smallest absolute Gasteiger partial charge is 0.257 e. The van der Waals surface area contributed by atoms with Gasteiger partial charge in [-0.3, -0.25) is 24.6 Å². The molecule has 11 heteroatoms. The molecule has 11 nitrogen and oxygen atoms in total. The number of rotatable bonds is 18. The van der Waals surface area contributed by atoms with Crippen LogP contribution in [0.25, 0.3) is 0 Å². The van der Waals surface area contributed by atoms with Crippen molar-refractivity contribution < 1.29 is 29.0 Å². The van der Waals surface area contributed by atoms with Gasteiger partial charge in [0.1, 0.15) is 24.4 Å². The minimum absolute atomic E-state index is 0.0624. The van der Waals surface area contributed by atoms with Gasteiger partial charge in [0.2, 0.25) is 17.7 Å². The number of benzene rings is 3. The van der Waals surface area contributed by atoms with Crippen molar-refractivity contribution in [2.75, 3.05) is 6.54 Å². The van der Waals surface area contributed by atoms with Crippen LogP contribution in [0.1, 0.15) is 58.2 Å². The number of nitrogens with zero attached hydrogens (tertiary/aromatic N) is 1. The molecule has 3 aromatic carbocycles. The first kappa shape index (κ1) is 38.7. The maximum atomic E-state index is 13.5. The molecule has 0 saturated heterocycles. The van der Waals surface area contributed by atoms with Crippen LogP contribution in [-0.2, 0) is 38.8 Å². The van der Waals surface area contributed by atoms with E-state index in [9.17, 15) is 24.3 Å². The highest BCUT2D eigenvalue weighted by atomic mass is 16.5. The lowest BCUT2D eigenvalue weighted by Crippen LogP contribution is -2.59. The number of carbonyl (C=O) groups is 4. The van der Waals surface area contributed by atoms with E-state index in [1.54, 1.807) is 5.01 Å². The summed E-state index contributed by atoms with van der Waals surface area (Å²) in [4.78, 5) is 50.7. The van der Waals surface area contributed by atoms with Gasteiger partial charge in [-0.25, -0.2) is 5.01 Å². The van der Waals surface area contributed by atoms with Crippen molar-refractivity contribution in [2.24, 2.45) is 11.8 Å². The SMILES string of the molecule is CC(=O)N[C@H](C(=O)N[C@@H](Cc1ccccc1)[C@@H](O)CN(Cc1ccc(OCc2ccccc2)cc1)NC(=O)[C@@H](NC(C)=O)C(C)C)C(C)C. The third kappa shape index (κ3) is 13.4. The Morgan fingerprint density at radius 2 is 1.18 bits per heavy atom. The molecule has 0 bridgehead atoms. The Hall–Kier alpha value is -4.74. The Kier molecular flexibility index (Phi) is 15.2. The number of hydrogen-bond acceptors (Lipinski definition) is 7. The number of nitrogens with one attached hydrogen (secondary N) is 4. The lowest BCUT2D eigenvalue weighted by Gasteiger charge is -2.33. The topological polar surface area (TPSA) is 149 Å². The molecule has 4 atom stereocenters. The number of amides is 4. The molecule has 0 saturated carbocycles. The number of ether oxygens (including phenoxy) is 1. The summed E-state index contributed by atoms with van der Waals surface area (Å²) in [7, 11) is 0. The molecular formula is C38H51N5O6. The molecule has 5 N–H and O–H groups in total. The summed E-state index contributed by atoms with van der Waals surface area (Å²) >= 11 is 0. The molecule has 0 fully saturated rings. The standard InChI is InChI=1S/C38H51N5O6/c1-25(2)35(39-27(5)44)37(47)41-33(21-29-13-9-7-10-14-29)34(46)23-43(42-38(48)36(26(3)4)40-28(6)45)22-30-17-19-32(20-18-30)49-24-31-15-11-8-12-16-31/h7-20,25-26,33-36,46H,21-24H2,1-6H3,(H,39,44)(H,40,45)(H,41,47)(H,42,48)/t33-,34-,35-,36-/m0/s1. The van der Waals surface area contributed by atoms with Crippen LogP contribution in [0.15, 0.2) is 84.9 Å². The van der Waals surface area contributed by atoms with E-state index >= 15 is 0 Å². The van der Waals surface area contributed by atoms with Gasteiger partial charge in [-0.15, -0.1) is 0 Å². The van der Waals surface area contributed by atoms with Crippen molar-refractivity contribution in [1.29, 1.82) is 0 Å². The molecule has 0 aromatic heterocycles. The normalized spacial score (nSPS) is 13.7. The van der Waals surface area contributed by atoms with Gasteiger partial charge in [0.25, 0.3) is 5.91 Å². The molecule has 3 rings (SSSR count). The average Bonchev–Trinajstić information content (AvgIpc) is 3.05. The molecule has 0 spiro atoms. The second-order valence-electron chi connectivity index (χ2n) is 13.0. The zero-order valence-electron chi connectivity index (χ0n) is 29.3. The lowest BCUT2D eigenvalue weighted by molar-refractivity contribution is -0.134. The number of aliphatic hydroxyl groups is 1. The molecule has 4 amide bonds. The molecule has 0 heterocycles. The van der Waals surface area contributed by atoms with Crippen LogP contribution in [-0.4, -0.2) is 64.5 Å². The Morgan fingerprint density at radius 1 is 0.673 bits per heavy atom. The molecular weight excluding hydrogens is 622 g/mol. The van der Waals surface area contributed by atoms with Crippen molar-refractivity contribution in [3.63, 3.8) is 0 Å². The van der Waals surface area contributed by atoms with Crippen molar-refractivity contribution in [3.05, 3.63) is 102 Å². The van der Waals surface area contributed by atoms with Gasteiger partial charge in [-0.2, -0.15) is 0 Å². The monoisotopic (exact) mass is 673 g/mol. The molecule has 3 aromatic rings. The summed E-state index contributed by atoms with van der Waals surface area (Å²) in [5, 5.41) is 21.7. The Balaban J connectivity index is 1.85. The summed E-state index contributed by atoms with van der Waals surface area (Å²) in [6.45, 7) is 10.6. The van der Waals surface area contributed by atoms with E-state index in [1.165, 1.54) is 13.8 Å². The van der Waals surface area contributed by atoms with Crippen molar-refractivity contribution in [3.8, 4) is 5.75 Å². The Bertz CT molecular complexity index is 1480. The fourth-order valence-corrected chi connectivity index (χ4v) is 5.31. The van der Waals surface area contributed by atoms with Crippen LogP contribution in [0.4, 0.5) is 0 Å². The van der Waals surface area contributed by atoms with Crippen LogP contribution in [0.2, 0.25) is 0 Å². The van der Waals surface area contributed by atoms with E-state index in [0.717, 1.165) is 16.7 Å². The van der Waals surface area contributed by atoms with E-state index in [1.807, 2.05) is 113 Å². The largest absolute Gasteiger partial charge is 0.489 e. The van der Waals surface area contributed by atoms with Crippen LogP contribution >= 0.6 is 0 Å². The quantitative estimate of drug-likeness (QED) is 0.130. The highest BCUT2D eigenvalue weighted by Gasteiger charge is 2.31. The summed E-state index contributed by atoms with van der Waals surface area (Å²) in [6, 6.07) is 24.3. The molecule has 0 aliphatic carbocycles. The first-order chi connectivity index (χ1) is 23.3. The van der Waals surface area contributed by atoms with E-state index in [2.05, 4.69) is 21.4 Å². The Labute approximate surface area is 289 Å². The summed E-state index contributed by atoms with van der Waals surface area (Å²) in [6.07, 6.45) is -0.852. The minimum Gasteiger partial charge on any atom is -0.489 e. The molecule has 0 radical (unpaired) electrons. The van der Waals surface area contributed by atoms with Gasteiger partial charge in [0.05, 0.1) is 12.1 Å². The highest BCUT2D eigenvalue weighted by molar-refractivity contribution is 5.87. The van der Waals surface area contributed by atoms with Crippen molar-refractivity contribution >= 4 is 23.6 Å². The molecule has 0 unspecified atom stereocenters. The second kappa shape index (κ2) is 19.3. The molecule has 0 aliphatic rings. The molecule has 264 valence electrons. The second-order valence-corrected chi connectivity index (χ2v) is 13.0. The highest BCUT2D eigenvalue weighted by Crippen LogP contribution is 2.17. The Morgan fingerprint density at radius 3 is 1.69 bits per heavy atom. The minimum atomic E-state index is -1.15. The van der Waals surface area contributed by atoms with E-state index in [0.29, 0.717) is 18.8 Å². The first-order valence-corrected chi connectivity index (χ1v) is 16.7. The van der Waals surface area contributed by atoms with Crippen molar-refractivity contribution in [2.45, 2.75) is 85.3 Å². The van der Waals surface area contributed by atoms with E-state index < -0.39 is 36.0 Å². The maximum absolute atomic E-state index is 13.5. The van der Waals surface area contributed by atoms with E-state index in [-0.39, 0.29) is 36.7 Å². The fourth-order valence-electron chi connectivity index (χ4n) is 5.31. The van der Waals surface area contributed by atoms with Gasteiger partial charge in [0.15, 0.2) is 0 Å². The van der Waals surface area contributed by atoms with Gasteiger partial charge < -0.3 is 25.8 Å². The number of hydrazine groups is 1. The van der Waals surface area contributed by atoms with Crippen molar-refractivity contribution in [1.82, 2.24) is 26.4 Å². The molecule has 49 heavy (non-hydrogen) atoms. The summed E-state index contributed by atoms with van der Waals surface area (Å²) in [5.41, 5.74) is 5.66. The van der Waals surface area contributed by atoms with Crippen LogP contribution in [0.3, 0.4) is 0 Å². The zero-order valence-corrected chi connectivity index (χ0v) is 29.3. The number of hydrogen-bond donors (Lipinski definition) is 5. The fraction of sp³-hybridized carbons (Fsp3) is 0.421. The molecule has 0 aliphatic heterocycles. The van der Waals surface area contributed by atoms with Crippen LogP contribution < -0.4 is 26.1 Å². The average molecular weight is 674 g/mol. The first-order valence-electron chi connectivity index (χ1n) is 16.7. The van der Waals surface area contributed by atoms with Gasteiger partial charge in [-0.1, -0.05) is 100 Å². The van der Waals surface area contributed by atoms with Gasteiger partial charge >= 0.3 is 0 Å². The summed E-state index contributed by atoms with van der Waals surface area (Å²) in [5.74, 6) is -1.25. The third-order valence-corrected chi connectivity index (χ3v) is 7.93. The number of carbonyl (C=O) groups excluding carboxylic acids is 4. The maximum Gasteiger partial charge on any atom is 0.257 e. The third-order valence-electron chi connectivity index (χ3n) is 7.93.